The van der Waals surface area contributed by atoms with Crippen LogP contribution in [0.5, 0.6) is 6.01 Å². The van der Waals surface area contributed by atoms with Crippen molar-refractivity contribution in [2.75, 3.05) is 14.1 Å². The van der Waals surface area contributed by atoms with E-state index in [1.807, 2.05) is 12.1 Å². The zero-order valence-electron chi connectivity index (χ0n) is 12.5. The summed E-state index contributed by atoms with van der Waals surface area (Å²) in [6, 6.07) is 6.74. The maximum atomic E-state index is 13.6. The van der Waals surface area contributed by atoms with Gasteiger partial charge >= 0.3 is 12.0 Å². The van der Waals surface area contributed by atoms with Gasteiger partial charge in [0, 0.05) is 18.5 Å². The van der Waals surface area contributed by atoms with Crippen LogP contribution >= 0.6 is 22.6 Å². The van der Waals surface area contributed by atoms with Gasteiger partial charge in [0.1, 0.15) is 0 Å². The Bertz CT molecular complexity index is 720. The minimum absolute atomic E-state index is 0.197. The van der Waals surface area contributed by atoms with E-state index in [1.54, 1.807) is 31.1 Å². The van der Waals surface area contributed by atoms with Gasteiger partial charge in [-0.3, -0.25) is 0 Å². The molecule has 0 aliphatic heterocycles. The predicted octanol–water partition coefficient (Wildman–Crippen LogP) is 2.99. The molecule has 1 aromatic carbocycles. The van der Waals surface area contributed by atoms with Crippen LogP contribution in [-0.4, -0.2) is 41.3 Å². The number of carbonyl (C=O) groups excluding carboxylic acids is 1. The Hall–Kier alpha value is -2.10. The van der Waals surface area contributed by atoms with E-state index in [2.05, 4.69) is 37.6 Å². The van der Waals surface area contributed by atoms with Gasteiger partial charge in [-0.1, -0.05) is 34.7 Å². The summed E-state index contributed by atoms with van der Waals surface area (Å²) < 4.78 is 19.5. The number of carbonyl (C=O) groups is 1. The van der Waals surface area contributed by atoms with Gasteiger partial charge in [-0.05, 0) is 17.7 Å². The van der Waals surface area contributed by atoms with Gasteiger partial charge in [-0.15, -0.1) is 0 Å². The second kappa shape index (κ2) is 7.95. The average Bonchev–Trinajstić information content (AvgIpc) is 2.55. The second-order valence-corrected chi connectivity index (χ2v) is 5.52. The Morgan fingerprint density at radius 1 is 1.39 bits per heavy atom. The van der Waals surface area contributed by atoms with Crippen LogP contribution in [0.15, 0.2) is 35.5 Å². The number of esters is 1. The Labute approximate surface area is 146 Å². The molecule has 0 aliphatic carbocycles. The fraction of sp³-hybridized carbons (Fsp3) is 0.200. The minimum atomic E-state index is -0.700. The summed E-state index contributed by atoms with van der Waals surface area (Å²) in [5, 5.41) is 0. The molecule has 0 saturated heterocycles. The fourth-order valence-corrected chi connectivity index (χ4v) is 2.03. The molecular weight excluding hydrogens is 414 g/mol. The van der Waals surface area contributed by atoms with E-state index in [-0.39, 0.29) is 11.8 Å². The standard InChI is InChI=1S/C15H14FIN4O2/c1-21(2)9-19-13-12(16)8-18-15(20-13)23-14(22)11-5-3-10(7-17)4-6-11/h3-6,8-9H,7H2,1-2H3. The van der Waals surface area contributed by atoms with Crippen LogP contribution in [0.3, 0.4) is 0 Å². The zero-order chi connectivity index (χ0) is 16.8. The van der Waals surface area contributed by atoms with Crippen LogP contribution in [0.4, 0.5) is 10.2 Å². The van der Waals surface area contributed by atoms with Crippen molar-refractivity contribution in [2.24, 2.45) is 4.99 Å². The van der Waals surface area contributed by atoms with Gasteiger partial charge in [-0.2, -0.15) is 4.98 Å². The molecule has 0 aliphatic rings. The molecule has 0 saturated carbocycles. The van der Waals surface area contributed by atoms with Crippen LogP contribution in [0.2, 0.25) is 0 Å². The summed E-state index contributed by atoms with van der Waals surface area (Å²) in [7, 11) is 3.48. The summed E-state index contributed by atoms with van der Waals surface area (Å²) in [5.41, 5.74) is 1.46. The Balaban J connectivity index is 2.15. The molecule has 23 heavy (non-hydrogen) atoms. The highest BCUT2D eigenvalue weighted by Gasteiger charge is 2.13. The summed E-state index contributed by atoms with van der Waals surface area (Å²) in [4.78, 5) is 24.9. The molecule has 0 amide bonds. The number of alkyl halides is 1. The number of aromatic nitrogens is 2. The molecule has 0 unspecified atom stereocenters. The van der Waals surface area contributed by atoms with Gasteiger partial charge in [-0.25, -0.2) is 19.2 Å². The fourth-order valence-electron chi connectivity index (χ4n) is 1.52. The smallest absolute Gasteiger partial charge is 0.345 e. The first-order valence-corrected chi connectivity index (χ1v) is 8.12. The van der Waals surface area contributed by atoms with E-state index in [4.69, 9.17) is 4.74 Å². The van der Waals surface area contributed by atoms with E-state index >= 15 is 0 Å². The molecular formula is C15H14FIN4O2. The van der Waals surface area contributed by atoms with Gasteiger partial charge < -0.3 is 9.64 Å². The Kier molecular flexibility index (Phi) is 5.97. The molecule has 6 nitrogen and oxygen atoms in total. The normalized spacial score (nSPS) is 10.8. The van der Waals surface area contributed by atoms with Crippen molar-refractivity contribution in [1.29, 1.82) is 0 Å². The van der Waals surface area contributed by atoms with Crippen LogP contribution in [0.25, 0.3) is 0 Å². The number of rotatable bonds is 5. The Morgan fingerprint density at radius 2 is 2.09 bits per heavy atom. The lowest BCUT2D eigenvalue weighted by Gasteiger charge is -2.05. The number of hydrogen-bond donors (Lipinski definition) is 0. The van der Waals surface area contributed by atoms with Crippen molar-refractivity contribution in [1.82, 2.24) is 14.9 Å². The monoisotopic (exact) mass is 428 g/mol. The molecule has 1 heterocycles. The maximum Gasteiger partial charge on any atom is 0.345 e. The first kappa shape index (κ1) is 17.3. The van der Waals surface area contributed by atoms with E-state index in [9.17, 15) is 9.18 Å². The molecule has 0 spiro atoms. The van der Waals surface area contributed by atoms with E-state index in [1.165, 1.54) is 6.34 Å². The summed E-state index contributed by atoms with van der Waals surface area (Å²) in [5.74, 6) is -1.51. The topological polar surface area (TPSA) is 67.7 Å². The largest absolute Gasteiger partial charge is 0.387 e. The quantitative estimate of drug-likeness (QED) is 0.241. The molecule has 120 valence electrons. The van der Waals surface area contributed by atoms with Gasteiger partial charge in [0.25, 0.3) is 0 Å². The van der Waals surface area contributed by atoms with Crippen molar-refractivity contribution in [3.05, 3.63) is 47.4 Å². The van der Waals surface area contributed by atoms with E-state index in [0.717, 1.165) is 16.2 Å². The lowest BCUT2D eigenvalue weighted by Crippen LogP contribution is -2.11. The first-order chi connectivity index (χ1) is 11.0. The van der Waals surface area contributed by atoms with E-state index in [0.29, 0.717) is 5.56 Å². The molecule has 0 radical (unpaired) electrons. The lowest BCUT2D eigenvalue weighted by molar-refractivity contribution is 0.0719. The third-order valence-corrected chi connectivity index (χ3v) is 3.52. The van der Waals surface area contributed by atoms with Crippen LogP contribution in [-0.2, 0) is 4.43 Å². The lowest BCUT2D eigenvalue weighted by atomic mass is 10.1. The maximum absolute atomic E-state index is 13.6. The predicted molar refractivity (Wildman–Crippen MR) is 93.0 cm³/mol. The summed E-state index contributed by atoms with van der Waals surface area (Å²) >= 11 is 2.23. The molecule has 0 fully saturated rings. The van der Waals surface area contributed by atoms with Crippen molar-refractivity contribution in [3.63, 3.8) is 0 Å². The highest BCUT2D eigenvalue weighted by atomic mass is 127. The number of nitrogens with zero attached hydrogens (tertiary/aromatic N) is 4. The van der Waals surface area contributed by atoms with Crippen molar-refractivity contribution < 1.29 is 13.9 Å². The number of benzene rings is 1. The van der Waals surface area contributed by atoms with E-state index < -0.39 is 11.8 Å². The van der Waals surface area contributed by atoms with Gasteiger partial charge in [0.05, 0.1) is 18.1 Å². The molecule has 1 aromatic heterocycles. The summed E-state index contributed by atoms with van der Waals surface area (Å²) in [6.45, 7) is 0. The zero-order valence-corrected chi connectivity index (χ0v) is 14.7. The minimum Gasteiger partial charge on any atom is -0.387 e. The average molecular weight is 428 g/mol. The SMILES string of the molecule is CN(C)C=Nc1nc(OC(=O)c2ccc(CI)cc2)ncc1F. The number of halogens is 2. The molecule has 8 heteroatoms. The van der Waals surface area contributed by atoms with Crippen molar-refractivity contribution in [2.45, 2.75) is 4.43 Å². The van der Waals surface area contributed by atoms with Gasteiger partial charge in [0.15, 0.2) is 11.6 Å². The molecule has 0 bridgehead atoms. The highest BCUT2D eigenvalue weighted by molar-refractivity contribution is 14.1. The first-order valence-electron chi connectivity index (χ1n) is 6.60. The van der Waals surface area contributed by atoms with Crippen LogP contribution in [0, 0.1) is 5.82 Å². The number of aliphatic imine (C=N–C) groups is 1. The molecule has 0 N–H and O–H groups in total. The third-order valence-electron chi connectivity index (χ3n) is 2.64. The Morgan fingerprint density at radius 3 is 2.70 bits per heavy atom. The van der Waals surface area contributed by atoms with Crippen molar-refractivity contribution in [3.8, 4) is 6.01 Å². The van der Waals surface area contributed by atoms with Crippen LogP contribution in [0.1, 0.15) is 15.9 Å². The third kappa shape index (κ3) is 4.95. The molecule has 2 aromatic rings. The highest BCUT2D eigenvalue weighted by Crippen LogP contribution is 2.17. The van der Waals surface area contributed by atoms with Gasteiger partial charge in [0.2, 0.25) is 0 Å². The summed E-state index contributed by atoms with van der Waals surface area (Å²) in [6.07, 6.45) is 2.30. The number of hydrogen-bond acceptors (Lipinski definition) is 5. The van der Waals surface area contributed by atoms with Crippen LogP contribution < -0.4 is 4.74 Å². The number of ether oxygens (including phenoxy) is 1. The molecule has 2 rings (SSSR count). The second-order valence-electron chi connectivity index (χ2n) is 4.75. The van der Waals surface area contributed by atoms with Crippen molar-refractivity contribution >= 4 is 40.7 Å². The molecule has 0 atom stereocenters.